The summed E-state index contributed by atoms with van der Waals surface area (Å²) in [6.07, 6.45) is 0. The molecule has 3 aromatic carbocycles. The molecule has 0 saturated heterocycles. The van der Waals surface area contributed by atoms with Crippen molar-refractivity contribution in [1.82, 2.24) is 0 Å². The Morgan fingerprint density at radius 1 is 0.771 bits per heavy atom. The summed E-state index contributed by atoms with van der Waals surface area (Å²) in [7, 11) is -6.35. The SMILES string of the molecule is COCCNc1ccc(N)c(C)c1.Cc1ccc(S(=O)(=O)O)cc1.Cc1ccc(S(=O)(=O)O)cc1. The van der Waals surface area contributed by atoms with Crippen LogP contribution in [0.15, 0.2) is 76.5 Å². The Morgan fingerprint density at radius 2 is 1.20 bits per heavy atom. The van der Waals surface area contributed by atoms with Gasteiger partial charge in [-0.05, 0) is 68.8 Å². The molecule has 3 aromatic rings. The lowest BCUT2D eigenvalue weighted by molar-refractivity contribution is 0.211. The highest BCUT2D eigenvalue weighted by atomic mass is 32.2. The minimum atomic E-state index is -4.02. The van der Waals surface area contributed by atoms with Gasteiger partial charge in [0.15, 0.2) is 0 Å². The Labute approximate surface area is 207 Å². The average molecular weight is 525 g/mol. The fourth-order valence-electron chi connectivity index (χ4n) is 2.50. The normalized spacial score (nSPS) is 10.9. The van der Waals surface area contributed by atoms with Gasteiger partial charge in [0, 0.05) is 25.0 Å². The number of aryl methyl sites for hydroxylation is 3. The molecule has 0 spiro atoms. The zero-order chi connectivity index (χ0) is 26.6. The molecule has 11 heteroatoms. The molecule has 35 heavy (non-hydrogen) atoms. The number of nitrogens with one attached hydrogen (secondary N) is 1. The van der Waals surface area contributed by atoms with Gasteiger partial charge in [-0.15, -0.1) is 0 Å². The van der Waals surface area contributed by atoms with Crippen molar-refractivity contribution in [1.29, 1.82) is 0 Å². The average Bonchev–Trinajstić information content (AvgIpc) is 2.77. The summed E-state index contributed by atoms with van der Waals surface area (Å²) in [5, 5.41) is 3.23. The lowest BCUT2D eigenvalue weighted by atomic mass is 10.2. The summed E-state index contributed by atoms with van der Waals surface area (Å²) in [4.78, 5) is -0.133. The van der Waals surface area contributed by atoms with Gasteiger partial charge in [-0.1, -0.05) is 35.4 Å². The number of nitrogens with two attached hydrogens (primary N) is 1. The summed E-state index contributed by atoms with van der Waals surface area (Å²) in [6, 6.07) is 17.9. The molecule has 0 bridgehead atoms. The highest BCUT2D eigenvalue weighted by Gasteiger charge is 2.07. The monoisotopic (exact) mass is 524 g/mol. The van der Waals surface area contributed by atoms with E-state index >= 15 is 0 Å². The minimum Gasteiger partial charge on any atom is -0.399 e. The first-order valence-electron chi connectivity index (χ1n) is 10.4. The van der Waals surface area contributed by atoms with Crippen LogP contribution in [0.25, 0.3) is 0 Å². The molecule has 192 valence electrons. The van der Waals surface area contributed by atoms with Crippen molar-refractivity contribution in [3.05, 3.63) is 83.4 Å². The second-order valence-corrected chi connectivity index (χ2v) is 10.4. The molecule has 0 atom stereocenters. The lowest BCUT2D eigenvalue weighted by Gasteiger charge is -2.07. The molecule has 0 aliphatic carbocycles. The molecule has 0 saturated carbocycles. The van der Waals surface area contributed by atoms with E-state index < -0.39 is 20.2 Å². The number of hydrogen-bond acceptors (Lipinski definition) is 7. The van der Waals surface area contributed by atoms with Gasteiger partial charge in [0.25, 0.3) is 20.2 Å². The molecule has 0 unspecified atom stereocenters. The molecule has 0 amide bonds. The molecule has 9 nitrogen and oxygen atoms in total. The predicted molar refractivity (Wildman–Crippen MR) is 138 cm³/mol. The van der Waals surface area contributed by atoms with E-state index in [4.69, 9.17) is 19.6 Å². The third kappa shape index (κ3) is 11.8. The van der Waals surface area contributed by atoms with Crippen LogP contribution in [-0.4, -0.2) is 46.2 Å². The highest BCUT2D eigenvalue weighted by molar-refractivity contribution is 7.86. The maximum atomic E-state index is 10.5. The Bertz CT molecular complexity index is 1200. The van der Waals surface area contributed by atoms with E-state index in [1.54, 1.807) is 31.4 Å². The van der Waals surface area contributed by atoms with Gasteiger partial charge >= 0.3 is 0 Å². The summed E-state index contributed by atoms with van der Waals surface area (Å²) < 4.78 is 64.0. The molecule has 0 aromatic heterocycles. The van der Waals surface area contributed by atoms with E-state index in [1.807, 2.05) is 39.0 Å². The van der Waals surface area contributed by atoms with Gasteiger partial charge in [-0.25, -0.2) is 0 Å². The molecule has 0 aliphatic heterocycles. The largest absolute Gasteiger partial charge is 0.399 e. The van der Waals surface area contributed by atoms with E-state index in [1.165, 1.54) is 24.3 Å². The van der Waals surface area contributed by atoms with Crippen molar-refractivity contribution >= 4 is 31.6 Å². The van der Waals surface area contributed by atoms with Crippen LogP contribution in [0, 0.1) is 20.8 Å². The lowest BCUT2D eigenvalue weighted by Crippen LogP contribution is -2.07. The minimum absolute atomic E-state index is 0.0666. The van der Waals surface area contributed by atoms with Crippen molar-refractivity contribution in [3.63, 3.8) is 0 Å². The molecule has 0 heterocycles. The number of nitrogen functional groups attached to an aromatic ring is 1. The number of anilines is 2. The fourth-order valence-corrected chi connectivity index (χ4v) is 3.46. The first kappa shape index (κ1) is 30.1. The Balaban J connectivity index is 0.000000264. The van der Waals surface area contributed by atoms with Crippen molar-refractivity contribution in [2.24, 2.45) is 0 Å². The molecular weight excluding hydrogens is 492 g/mol. The summed E-state index contributed by atoms with van der Waals surface area (Å²) in [5.41, 5.74) is 10.6. The Kier molecular flexibility index (Phi) is 11.9. The highest BCUT2D eigenvalue weighted by Crippen LogP contribution is 2.16. The van der Waals surface area contributed by atoms with Crippen LogP contribution in [0.4, 0.5) is 11.4 Å². The number of hydrogen-bond donors (Lipinski definition) is 4. The van der Waals surface area contributed by atoms with Crippen molar-refractivity contribution in [3.8, 4) is 0 Å². The Morgan fingerprint density at radius 3 is 1.54 bits per heavy atom. The van der Waals surface area contributed by atoms with Crippen LogP contribution in [0.3, 0.4) is 0 Å². The van der Waals surface area contributed by atoms with E-state index in [0.717, 1.165) is 34.6 Å². The third-order valence-electron chi connectivity index (χ3n) is 4.54. The smallest absolute Gasteiger partial charge is 0.294 e. The van der Waals surface area contributed by atoms with Gasteiger partial charge < -0.3 is 15.8 Å². The van der Waals surface area contributed by atoms with Crippen LogP contribution < -0.4 is 11.1 Å². The predicted octanol–water partition coefficient (Wildman–Crippen LogP) is 4.12. The maximum Gasteiger partial charge on any atom is 0.294 e. The molecule has 3 rings (SSSR count). The fraction of sp³-hybridized carbons (Fsp3) is 0.250. The van der Waals surface area contributed by atoms with Crippen LogP contribution in [0.2, 0.25) is 0 Å². The second-order valence-electron chi connectivity index (χ2n) is 7.57. The zero-order valence-corrected chi connectivity index (χ0v) is 21.7. The van der Waals surface area contributed by atoms with Gasteiger partial charge in [-0.2, -0.15) is 16.8 Å². The van der Waals surface area contributed by atoms with Crippen molar-refractivity contribution in [2.75, 3.05) is 31.3 Å². The van der Waals surface area contributed by atoms with Gasteiger partial charge in [0.2, 0.25) is 0 Å². The van der Waals surface area contributed by atoms with Crippen LogP contribution in [0.1, 0.15) is 16.7 Å². The second kappa shape index (κ2) is 13.8. The Hall–Kier alpha value is -2.96. The van der Waals surface area contributed by atoms with E-state index in [9.17, 15) is 16.8 Å². The number of methoxy groups -OCH3 is 1. The molecule has 0 radical (unpaired) electrons. The first-order valence-corrected chi connectivity index (χ1v) is 13.3. The number of benzene rings is 3. The standard InChI is InChI=1S/C10H16N2O.2C7H8O3S/c1-8-7-9(3-4-10(8)11)12-5-6-13-2;2*1-6-2-4-7(5-3-6)11(8,9)10/h3-4,7,12H,5-6,11H2,1-2H3;2*2-5H,1H3,(H,8,9,10). The van der Waals surface area contributed by atoms with Crippen LogP contribution >= 0.6 is 0 Å². The third-order valence-corrected chi connectivity index (χ3v) is 6.28. The summed E-state index contributed by atoms with van der Waals surface area (Å²) in [6.45, 7) is 7.21. The zero-order valence-electron chi connectivity index (χ0n) is 20.1. The summed E-state index contributed by atoms with van der Waals surface area (Å²) >= 11 is 0. The topological polar surface area (TPSA) is 156 Å². The van der Waals surface area contributed by atoms with Crippen molar-refractivity contribution < 1.29 is 30.7 Å². The summed E-state index contributed by atoms with van der Waals surface area (Å²) in [5.74, 6) is 0. The number of ether oxygens (including phenoxy) is 1. The molecule has 0 aliphatic rings. The first-order chi connectivity index (χ1) is 16.2. The van der Waals surface area contributed by atoms with Crippen molar-refractivity contribution in [2.45, 2.75) is 30.6 Å². The van der Waals surface area contributed by atoms with Gasteiger partial charge in [0.1, 0.15) is 0 Å². The quantitative estimate of drug-likeness (QED) is 0.212. The molecule has 5 N–H and O–H groups in total. The van der Waals surface area contributed by atoms with E-state index in [0.29, 0.717) is 6.61 Å². The number of rotatable bonds is 6. The van der Waals surface area contributed by atoms with Gasteiger partial charge in [-0.3, -0.25) is 9.11 Å². The van der Waals surface area contributed by atoms with E-state index in [2.05, 4.69) is 5.32 Å². The molecule has 0 fully saturated rings. The van der Waals surface area contributed by atoms with Gasteiger partial charge in [0.05, 0.1) is 16.4 Å². The molecular formula is C24H32N2O7S2. The van der Waals surface area contributed by atoms with Crippen LogP contribution in [-0.2, 0) is 25.0 Å². The maximum absolute atomic E-state index is 10.5. The van der Waals surface area contributed by atoms with E-state index in [-0.39, 0.29) is 9.79 Å². The van der Waals surface area contributed by atoms with Crippen LogP contribution in [0.5, 0.6) is 0 Å².